The Hall–Kier alpha value is -1.27. The largest absolute Gasteiger partial charge is 0.385 e. The van der Waals surface area contributed by atoms with Gasteiger partial charge in [0.1, 0.15) is 5.69 Å². The van der Waals surface area contributed by atoms with E-state index in [9.17, 15) is 0 Å². The second-order valence-electron chi connectivity index (χ2n) is 4.48. The van der Waals surface area contributed by atoms with Crippen LogP contribution in [0.3, 0.4) is 0 Å². The molecule has 0 bridgehead atoms. The van der Waals surface area contributed by atoms with Crippen molar-refractivity contribution in [2.75, 3.05) is 33.5 Å². The van der Waals surface area contributed by atoms with E-state index in [0.717, 1.165) is 51.4 Å². The zero-order chi connectivity index (χ0) is 12.6. The summed E-state index contributed by atoms with van der Waals surface area (Å²) in [5.74, 6) is 0.568. The van der Waals surface area contributed by atoms with Gasteiger partial charge in [0.15, 0.2) is 0 Å². The molecule has 1 fully saturated rings. The molecule has 0 amide bonds. The van der Waals surface area contributed by atoms with Gasteiger partial charge in [0.05, 0.1) is 19.0 Å². The Bertz CT molecular complexity index is 372. The molecule has 0 N–H and O–H groups in total. The molecule has 1 saturated heterocycles. The highest BCUT2D eigenvalue weighted by molar-refractivity contribution is 5.76. The fraction of sp³-hybridized carbons (Fsp3) is 0.750. The summed E-state index contributed by atoms with van der Waals surface area (Å²) in [5.41, 5.74) is 0.811. The third-order valence-electron chi connectivity index (χ3n) is 2.88. The molecule has 2 heterocycles. The van der Waals surface area contributed by atoms with Crippen molar-refractivity contribution in [2.24, 2.45) is 10.9 Å². The monoisotopic (exact) mass is 252 g/mol. The van der Waals surface area contributed by atoms with Crippen LogP contribution in [-0.2, 0) is 16.0 Å². The predicted octanol–water partition coefficient (Wildman–Crippen LogP) is 0.770. The normalized spacial score (nSPS) is 19.9. The van der Waals surface area contributed by atoms with E-state index in [2.05, 4.69) is 15.3 Å². The predicted molar refractivity (Wildman–Crippen MR) is 67.9 cm³/mol. The van der Waals surface area contributed by atoms with Crippen molar-refractivity contribution < 1.29 is 9.47 Å². The van der Waals surface area contributed by atoms with E-state index in [1.807, 2.05) is 10.9 Å². The summed E-state index contributed by atoms with van der Waals surface area (Å²) in [6, 6.07) is 0. The number of hydrogen-bond acceptors (Lipinski definition) is 5. The van der Waals surface area contributed by atoms with Crippen LogP contribution in [0, 0.1) is 5.92 Å². The lowest BCUT2D eigenvalue weighted by Crippen LogP contribution is -2.11. The molecule has 0 spiro atoms. The lowest BCUT2D eigenvalue weighted by Gasteiger charge is -2.05. The van der Waals surface area contributed by atoms with Crippen LogP contribution in [0.4, 0.5) is 0 Å². The average molecular weight is 252 g/mol. The van der Waals surface area contributed by atoms with Crippen LogP contribution in [0.5, 0.6) is 0 Å². The molecule has 1 atom stereocenters. The number of rotatable bonds is 7. The maximum Gasteiger partial charge on any atom is 0.123 e. The lowest BCUT2D eigenvalue weighted by molar-refractivity contribution is 0.181. The first kappa shape index (κ1) is 13.2. The molecule has 18 heavy (non-hydrogen) atoms. The van der Waals surface area contributed by atoms with E-state index >= 15 is 0 Å². The number of aromatic nitrogens is 3. The van der Waals surface area contributed by atoms with Crippen LogP contribution >= 0.6 is 0 Å². The molecule has 2 rings (SSSR count). The SMILES string of the molecule is COCCCN=Cc1cn(CC2CCOC2)nn1. The quantitative estimate of drug-likeness (QED) is 0.531. The molecular weight excluding hydrogens is 232 g/mol. The summed E-state index contributed by atoms with van der Waals surface area (Å²) in [4.78, 5) is 4.28. The van der Waals surface area contributed by atoms with Gasteiger partial charge < -0.3 is 9.47 Å². The highest BCUT2D eigenvalue weighted by atomic mass is 16.5. The Balaban J connectivity index is 1.74. The van der Waals surface area contributed by atoms with Gasteiger partial charge in [0.2, 0.25) is 0 Å². The summed E-state index contributed by atoms with van der Waals surface area (Å²) >= 11 is 0. The van der Waals surface area contributed by atoms with E-state index < -0.39 is 0 Å². The molecule has 0 aliphatic carbocycles. The van der Waals surface area contributed by atoms with Crippen molar-refractivity contribution in [1.29, 1.82) is 0 Å². The molecule has 0 radical (unpaired) electrons. The Labute approximate surface area is 107 Å². The number of aliphatic imine (C=N–C) groups is 1. The minimum atomic E-state index is 0.568. The molecule has 100 valence electrons. The Morgan fingerprint density at radius 2 is 2.61 bits per heavy atom. The van der Waals surface area contributed by atoms with Gasteiger partial charge in [-0.2, -0.15) is 0 Å². The Morgan fingerprint density at radius 1 is 1.67 bits per heavy atom. The molecule has 0 aromatic carbocycles. The van der Waals surface area contributed by atoms with E-state index in [0.29, 0.717) is 5.92 Å². The third kappa shape index (κ3) is 4.19. The Morgan fingerprint density at radius 3 is 3.39 bits per heavy atom. The Kier molecular flexibility index (Phi) is 5.29. The van der Waals surface area contributed by atoms with Crippen LogP contribution in [0.1, 0.15) is 18.5 Å². The van der Waals surface area contributed by atoms with Crippen LogP contribution < -0.4 is 0 Å². The van der Waals surface area contributed by atoms with Crippen molar-refractivity contribution in [3.63, 3.8) is 0 Å². The first-order valence-corrected chi connectivity index (χ1v) is 6.35. The van der Waals surface area contributed by atoms with Crippen LogP contribution in [-0.4, -0.2) is 54.7 Å². The minimum Gasteiger partial charge on any atom is -0.385 e. The molecule has 6 nitrogen and oxygen atoms in total. The summed E-state index contributed by atoms with van der Waals surface area (Å²) < 4.78 is 12.2. The van der Waals surface area contributed by atoms with Gasteiger partial charge in [-0.15, -0.1) is 5.10 Å². The second kappa shape index (κ2) is 7.23. The molecule has 1 unspecified atom stereocenters. The summed E-state index contributed by atoms with van der Waals surface area (Å²) in [5, 5.41) is 8.16. The molecule has 6 heteroatoms. The molecule has 0 saturated carbocycles. The number of ether oxygens (including phenoxy) is 2. The van der Waals surface area contributed by atoms with Crippen LogP contribution in [0.2, 0.25) is 0 Å². The molecule has 1 aliphatic rings. The van der Waals surface area contributed by atoms with E-state index in [-0.39, 0.29) is 0 Å². The van der Waals surface area contributed by atoms with Gasteiger partial charge >= 0.3 is 0 Å². The average Bonchev–Trinajstić information content (AvgIpc) is 3.02. The number of hydrogen-bond donors (Lipinski definition) is 0. The summed E-state index contributed by atoms with van der Waals surface area (Å²) in [6.07, 6.45) is 5.74. The third-order valence-corrected chi connectivity index (χ3v) is 2.88. The zero-order valence-electron chi connectivity index (χ0n) is 10.8. The zero-order valence-corrected chi connectivity index (χ0v) is 10.8. The molecular formula is C12H20N4O2. The van der Waals surface area contributed by atoms with Gasteiger partial charge in [0, 0.05) is 39.3 Å². The van der Waals surface area contributed by atoms with Gasteiger partial charge in [-0.25, -0.2) is 0 Å². The van der Waals surface area contributed by atoms with Crippen molar-refractivity contribution in [3.8, 4) is 0 Å². The summed E-state index contributed by atoms with van der Waals surface area (Å²) in [6.45, 7) is 4.08. The standard InChI is InChI=1S/C12H20N4O2/c1-17-5-2-4-13-7-12-9-16(15-14-12)8-11-3-6-18-10-11/h7,9,11H,2-6,8,10H2,1H3. The van der Waals surface area contributed by atoms with Gasteiger partial charge in [-0.3, -0.25) is 9.67 Å². The van der Waals surface area contributed by atoms with Crippen molar-refractivity contribution in [3.05, 3.63) is 11.9 Å². The topological polar surface area (TPSA) is 61.5 Å². The smallest absolute Gasteiger partial charge is 0.123 e. The van der Waals surface area contributed by atoms with E-state index in [1.54, 1.807) is 13.3 Å². The first-order valence-electron chi connectivity index (χ1n) is 6.35. The van der Waals surface area contributed by atoms with Gasteiger partial charge in [0.25, 0.3) is 0 Å². The molecule has 1 aliphatic heterocycles. The van der Waals surface area contributed by atoms with Crippen LogP contribution in [0.25, 0.3) is 0 Å². The van der Waals surface area contributed by atoms with E-state index in [4.69, 9.17) is 9.47 Å². The van der Waals surface area contributed by atoms with Crippen molar-refractivity contribution >= 4 is 6.21 Å². The maximum atomic E-state index is 5.34. The lowest BCUT2D eigenvalue weighted by atomic mass is 10.1. The maximum absolute atomic E-state index is 5.34. The van der Waals surface area contributed by atoms with E-state index in [1.165, 1.54) is 0 Å². The highest BCUT2D eigenvalue weighted by Crippen LogP contribution is 2.13. The van der Waals surface area contributed by atoms with Crippen LogP contribution in [0.15, 0.2) is 11.2 Å². The van der Waals surface area contributed by atoms with Crippen molar-refractivity contribution in [1.82, 2.24) is 15.0 Å². The van der Waals surface area contributed by atoms with Gasteiger partial charge in [-0.1, -0.05) is 5.21 Å². The van der Waals surface area contributed by atoms with Gasteiger partial charge in [-0.05, 0) is 12.8 Å². The summed E-state index contributed by atoms with van der Waals surface area (Å²) in [7, 11) is 1.70. The number of methoxy groups -OCH3 is 1. The number of nitrogens with zero attached hydrogens (tertiary/aromatic N) is 4. The highest BCUT2D eigenvalue weighted by Gasteiger charge is 2.16. The second-order valence-corrected chi connectivity index (χ2v) is 4.48. The minimum absolute atomic E-state index is 0.568. The first-order chi connectivity index (χ1) is 8.88. The molecule has 1 aromatic rings. The molecule has 1 aromatic heterocycles. The fourth-order valence-corrected chi connectivity index (χ4v) is 1.91. The fourth-order valence-electron chi connectivity index (χ4n) is 1.91. The van der Waals surface area contributed by atoms with Crippen molar-refractivity contribution in [2.45, 2.75) is 19.4 Å².